The van der Waals surface area contributed by atoms with E-state index in [0.717, 1.165) is 0 Å². The molecule has 0 aliphatic heterocycles. The van der Waals surface area contributed by atoms with Crippen LogP contribution in [0.1, 0.15) is 27.2 Å². The number of carbonyl (C=O) groups excluding carboxylic acids is 1. The predicted octanol–water partition coefficient (Wildman–Crippen LogP) is 2.27. The molecule has 1 N–H and O–H groups in total. The van der Waals surface area contributed by atoms with Gasteiger partial charge in [0.1, 0.15) is 5.54 Å². The van der Waals surface area contributed by atoms with Crippen molar-refractivity contribution in [3.05, 3.63) is 24.3 Å². The second-order valence-electron chi connectivity index (χ2n) is 4.51. The summed E-state index contributed by atoms with van der Waals surface area (Å²) in [6.07, 6.45) is 0.533. The Kier molecular flexibility index (Phi) is 5.85. The molecule has 5 heteroatoms. The fraction of sp³-hybridized carbons (Fsp3) is 0.467. The van der Waals surface area contributed by atoms with Crippen molar-refractivity contribution in [2.24, 2.45) is 0 Å². The van der Waals surface area contributed by atoms with Crippen molar-refractivity contribution in [3.63, 3.8) is 0 Å². The SMILES string of the molecule is CCOc1ccccc1OCC(=O)N[C@](C)(C#N)CC. The number of amides is 1. The van der Waals surface area contributed by atoms with Crippen LogP contribution in [0.3, 0.4) is 0 Å². The molecule has 0 saturated heterocycles. The third-order valence-corrected chi connectivity index (χ3v) is 2.88. The molecule has 0 aliphatic carbocycles. The lowest BCUT2D eigenvalue weighted by Gasteiger charge is -2.21. The van der Waals surface area contributed by atoms with Gasteiger partial charge in [-0.15, -0.1) is 0 Å². The highest BCUT2D eigenvalue weighted by molar-refractivity contribution is 5.78. The second-order valence-corrected chi connectivity index (χ2v) is 4.51. The maximum absolute atomic E-state index is 11.8. The minimum absolute atomic E-state index is 0.151. The highest BCUT2D eigenvalue weighted by Gasteiger charge is 2.23. The molecule has 5 nitrogen and oxygen atoms in total. The molecule has 1 amide bonds. The van der Waals surface area contributed by atoms with Crippen LogP contribution < -0.4 is 14.8 Å². The number of nitriles is 1. The number of hydrogen-bond acceptors (Lipinski definition) is 4. The van der Waals surface area contributed by atoms with Crippen LogP contribution in [0.4, 0.5) is 0 Å². The molecule has 20 heavy (non-hydrogen) atoms. The van der Waals surface area contributed by atoms with Gasteiger partial charge in [0.2, 0.25) is 0 Å². The molecule has 0 bridgehead atoms. The minimum Gasteiger partial charge on any atom is -0.490 e. The smallest absolute Gasteiger partial charge is 0.259 e. The Balaban J connectivity index is 2.60. The van der Waals surface area contributed by atoms with E-state index in [2.05, 4.69) is 11.4 Å². The largest absolute Gasteiger partial charge is 0.490 e. The summed E-state index contributed by atoms with van der Waals surface area (Å²) >= 11 is 0. The van der Waals surface area contributed by atoms with Crippen LogP contribution in [0.2, 0.25) is 0 Å². The van der Waals surface area contributed by atoms with Crippen LogP contribution >= 0.6 is 0 Å². The van der Waals surface area contributed by atoms with E-state index in [-0.39, 0.29) is 12.5 Å². The molecular formula is C15H20N2O3. The van der Waals surface area contributed by atoms with Crippen molar-refractivity contribution in [2.75, 3.05) is 13.2 Å². The lowest BCUT2D eigenvalue weighted by molar-refractivity contribution is -0.124. The van der Waals surface area contributed by atoms with Crippen LogP contribution in [0.15, 0.2) is 24.3 Å². The van der Waals surface area contributed by atoms with Crippen LogP contribution in [-0.2, 0) is 4.79 Å². The molecule has 1 aromatic rings. The van der Waals surface area contributed by atoms with Crippen LogP contribution in [0, 0.1) is 11.3 Å². The Hall–Kier alpha value is -2.22. The maximum Gasteiger partial charge on any atom is 0.259 e. The molecule has 0 saturated carbocycles. The fourth-order valence-electron chi connectivity index (χ4n) is 1.53. The van der Waals surface area contributed by atoms with Crippen LogP contribution in [-0.4, -0.2) is 24.7 Å². The normalized spacial score (nSPS) is 12.9. The quantitative estimate of drug-likeness (QED) is 0.829. The van der Waals surface area contributed by atoms with E-state index >= 15 is 0 Å². The Morgan fingerprint density at radius 2 is 1.90 bits per heavy atom. The zero-order chi connectivity index (χ0) is 15.0. The number of nitrogens with zero attached hydrogens (tertiary/aromatic N) is 1. The number of nitrogens with one attached hydrogen (secondary N) is 1. The number of rotatable bonds is 7. The lowest BCUT2D eigenvalue weighted by atomic mass is 10.0. The predicted molar refractivity (Wildman–Crippen MR) is 75.6 cm³/mol. The van der Waals surface area contributed by atoms with E-state index in [1.807, 2.05) is 19.9 Å². The third-order valence-electron chi connectivity index (χ3n) is 2.88. The first kappa shape index (κ1) is 15.8. The Bertz CT molecular complexity index is 496. The summed E-state index contributed by atoms with van der Waals surface area (Å²) in [5.74, 6) is 0.781. The second kappa shape index (κ2) is 7.39. The molecule has 0 spiro atoms. The number of ether oxygens (including phenoxy) is 2. The van der Waals surface area contributed by atoms with Gasteiger partial charge in [0.25, 0.3) is 5.91 Å². The molecule has 108 valence electrons. The Labute approximate surface area is 119 Å². The van der Waals surface area contributed by atoms with Crippen molar-refractivity contribution in [1.82, 2.24) is 5.32 Å². The summed E-state index contributed by atoms with van der Waals surface area (Å²) in [5.41, 5.74) is -0.861. The Morgan fingerprint density at radius 3 is 2.40 bits per heavy atom. The van der Waals surface area contributed by atoms with Crippen LogP contribution in [0.5, 0.6) is 11.5 Å². The van der Waals surface area contributed by atoms with Crippen molar-refractivity contribution in [2.45, 2.75) is 32.7 Å². The van der Waals surface area contributed by atoms with E-state index in [1.54, 1.807) is 25.1 Å². The number of para-hydroxylation sites is 2. The summed E-state index contributed by atoms with van der Waals surface area (Å²) in [5, 5.41) is 11.7. The van der Waals surface area contributed by atoms with Gasteiger partial charge in [0, 0.05) is 0 Å². The number of hydrogen-bond donors (Lipinski definition) is 1. The van der Waals surface area contributed by atoms with Gasteiger partial charge < -0.3 is 14.8 Å². The number of benzene rings is 1. The van der Waals surface area contributed by atoms with Gasteiger partial charge in [-0.1, -0.05) is 19.1 Å². The lowest BCUT2D eigenvalue weighted by Crippen LogP contribution is -2.46. The number of carbonyl (C=O) groups is 1. The van der Waals surface area contributed by atoms with Gasteiger partial charge in [-0.05, 0) is 32.4 Å². The molecule has 1 aromatic carbocycles. The molecule has 0 heterocycles. The summed E-state index contributed by atoms with van der Waals surface area (Å²) in [6, 6.07) is 9.24. The first-order valence-corrected chi connectivity index (χ1v) is 6.61. The standard InChI is InChI=1S/C15H20N2O3/c1-4-15(3,11-16)17-14(18)10-20-13-9-7-6-8-12(13)19-5-2/h6-9H,4-5,10H2,1-3H3,(H,17,18)/t15-/m0/s1. The highest BCUT2D eigenvalue weighted by Crippen LogP contribution is 2.26. The Morgan fingerprint density at radius 1 is 1.30 bits per heavy atom. The molecular weight excluding hydrogens is 256 g/mol. The average Bonchev–Trinajstić information content (AvgIpc) is 2.46. The minimum atomic E-state index is -0.861. The van der Waals surface area contributed by atoms with E-state index in [9.17, 15) is 4.79 Å². The topological polar surface area (TPSA) is 71.3 Å². The summed E-state index contributed by atoms with van der Waals surface area (Å²) < 4.78 is 10.8. The van der Waals surface area contributed by atoms with Gasteiger partial charge >= 0.3 is 0 Å². The third kappa shape index (κ3) is 4.47. The summed E-state index contributed by atoms with van der Waals surface area (Å²) in [6.45, 7) is 5.77. The fourth-order valence-corrected chi connectivity index (χ4v) is 1.53. The van der Waals surface area contributed by atoms with E-state index < -0.39 is 5.54 Å². The highest BCUT2D eigenvalue weighted by atomic mass is 16.5. The van der Waals surface area contributed by atoms with Crippen molar-refractivity contribution >= 4 is 5.91 Å². The van der Waals surface area contributed by atoms with E-state index in [4.69, 9.17) is 14.7 Å². The average molecular weight is 276 g/mol. The first-order chi connectivity index (χ1) is 9.54. The molecule has 0 aromatic heterocycles. The zero-order valence-electron chi connectivity index (χ0n) is 12.1. The summed E-state index contributed by atoms with van der Waals surface area (Å²) in [7, 11) is 0. The molecule has 0 unspecified atom stereocenters. The monoisotopic (exact) mass is 276 g/mol. The molecule has 0 fully saturated rings. The van der Waals surface area contributed by atoms with Gasteiger partial charge in [-0.25, -0.2) is 0 Å². The maximum atomic E-state index is 11.8. The molecule has 1 atom stereocenters. The van der Waals surface area contributed by atoms with Gasteiger partial charge in [0.05, 0.1) is 12.7 Å². The van der Waals surface area contributed by atoms with Gasteiger partial charge in [-0.2, -0.15) is 5.26 Å². The molecule has 0 aliphatic rings. The van der Waals surface area contributed by atoms with Crippen molar-refractivity contribution in [1.29, 1.82) is 5.26 Å². The van der Waals surface area contributed by atoms with Gasteiger partial charge in [-0.3, -0.25) is 4.79 Å². The first-order valence-electron chi connectivity index (χ1n) is 6.61. The van der Waals surface area contributed by atoms with Gasteiger partial charge in [0.15, 0.2) is 18.1 Å². The zero-order valence-corrected chi connectivity index (χ0v) is 12.1. The molecule has 1 rings (SSSR count). The van der Waals surface area contributed by atoms with E-state index in [0.29, 0.717) is 24.5 Å². The molecule has 0 radical (unpaired) electrons. The van der Waals surface area contributed by atoms with Crippen LogP contribution in [0.25, 0.3) is 0 Å². The van der Waals surface area contributed by atoms with Crippen molar-refractivity contribution in [3.8, 4) is 17.6 Å². The van der Waals surface area contributed by atoms with Crippen molar-refractivity contribution < 1.29 is 14.3 Å². The summed E-state index contributed by atoms with van der Waals surface area (Å²) in [4.78, 5) is 11.8. The van der Waals surface area contributed by atoms with E-state index in [1.165, 1.54) is 0 Å².